The molecule has 0 aliphatic carbocycles. The number of nitrogens with zero attached hydrogens (tertiary/aromatic N) is 4. The van der Waals surface area contributed by atoms with Crippen LogP contribution in [-0.2, 0) is 31.9 Å². The molecule has 0 unspecified atom stereocenters. The van der Waals surface area contributed by atoms with Crippen molar-refractivity contribution < 1.29 is 19.1 Å². The quantitative estimate of drug-likeness (QED) is 0.446. The van der Waals surface area contributed by atoms with E-state index in [0.29, 0.717) is 11.6 Å². The number of esters is 2. The number of hydrogen-bond acceptors (Lipinski definition) is 6. The second-order valence-corrected chi connectivity index (χ2v) is 7.57. The first-order valence-electron chi connectivity index (χ1n) is 10.1. The first-order valence-corrected chi connectivity index (χ1v) is 10.1. The molecule has 8 nitrogen and oxygen atoms in total. The van der Waals surface area contributed by atoms with E-state index >= 15 is 0 Å². The van der Waals surface area contributed by atoms with Gasteiger partial charge in [0.2, 0.25) is 0 Å². The minimum Gasteiger partial charge on any atom is -0.465 e. The summed E-state index contributed by atoms with van der Waals surface area (Å²) < 4.78 is 14.6. The standard InChI is InChI=1S/C21H32N4O4/c1-7-28-19(26)21(20(27)29-8-2,13-17-22-9-11-24(17)15(3)4)14-18-23-10-12-25(18)16(5)6/h9-12,15-16H,7-8,13-14H2,1-6H3. The topological polar surface area (TPSA) is 88.2 Å². The van der Waals surface area contributed by atoms with E-state index in [0.717, 1.165) is 0 Å². The number of rotatable bonds is 10. The van der Waals surface area contributed by atoms with Gasteiger partial charge in [0.15, 0.2) is 5.41 Å². The van der Waals surface area contributed by atoms with Gasteiger partial charge >= 0.3 is 11.9 Å². The van der Waals surface area contributed by atoms with Gasteiger partial charge in [-0.25, -0.2) is 9.97 Å². The van der Waals surface area contributed by atoms with Gasteiger partial charge in [0.1, 0.15) is 11.6 Å². The van der Waals surface area contributed by atoms with Gasteiger partial charge in [-0.3, -0.25) is 9.59 Å². The zero-order chi connectivity index (χ0) is 21.6. The molecular formula is C21H32N4O4. The molecule has 2 aromatic rings. The van der Waals surface area contributed by atoms with Gasteiger partial charge in [-0.2, -0.15) is 0 Å². The van der Waals surface area contributed by atoms with E-state index in [4.69, 9.17) is 9.47 Å². The third-order valence-corrected chi connectivity index (χ3v) is 4.86. The summed E-state index contributed by atoms with van der Waals surface area (Å²) in [6.45, 7) is 11.9. The average molecular weight is 405 g/mol. The minimum absolute atomic E-state index is 0.0702. The second-order valence-electron chi connectivity index (χ2n) is 7.57. The zero-order valence-electron chi connectivity index (χ0n) is 18.2. The number of ether oxygens (including phenoxy) is 2. The molecule has 2 aromatic heterocycles. The Bertz CT molecular complexity index is 754. The van der Waals surface area contributed by atoms with E-state index in [9.17, 15) is 9.59 Å². The molecule has 0 atom stereocenters. The summed E-state index contributed by atoms with van der Waals surface area (Å²) >= 11 is 0. The second kappa shape index (κ2) is 9.71. The molecular weight excluding hydrogens is 372 g/mol. The van der Waals surface area contributed by atoms with Gasteiger partial charge < -0.3 is 18.6 Å². The highest BCUT2D eigenvalue weighted by Gasteiger charge is 2.51. The normalized spacial score (nSPS) is 11.9. The fourth-order valence-corrected chi connectivity index (χ4v) is 3.41. The van der Waals surface area contributed by atoms with Gasteiger partial charge in [0.05, 0.1) is 13.2 Å². The number of aromatic nitrogens is 4. The van der Waals surface area contributed by atoms with Gasteiger partial charge in [0, 0.05) is 49.7 Å². The maximum atomic E-state index is 13.2. The summed E-state index contributed by atoms with van der Waals surface area (Å²) in [5, 5.41) is 0. The first-order chi connectivity index (χ1) is 13.8. The molecule has 0 radical (unpaired) electrons. The number of hydrogen-bond donors (Lipinski definition) is 0. The maximum Gasteiger partial charge on any atom is 0.324 e. The van der Waals surface area contributed by atoms with E-state index in [1.807, 2.05) is 49.2 Å². The van der Waals surface area contributed by atoms with E-state index in [1.165, 1.54) is 0 Å². The molecule has 8 heteroatoms. The van der Waals surface area contributed by atoms with Crippen LogP contribution in [0.5, 0.6) is 0 Å². The van der Waals surface area contributed by atoms with E-state index in [-0.39, 0.29) is 38.1 Å². The van der Waals surface area contributed by atoms with Gasteiger partial charge in [-0.1, -0.05) is 0 Å². The third kappa shape index (κ3) is 4.86. The predicted octanol–water partition coefficient (Wildman–Crippen LogP) is 3.14. The SMILES string of the molecule is CCOC(=O)C(Cc1nccn1C(C)C)(Cc1nccn1C(C)C)C(=O)OCC. The van der Waals surface area contributed by atoms with Crippen LogP contribution in [0.3, 0.4) is 0 Å². The Morgan fingerprint density at radius 2 is 1.24 bits per heavy atom. The van der Waals surface area contributed by atoms with Crippen LogP contribution in [0.1, 0.15) is 65.3 Å². The summed E-state index contributed by atoms with van der Waals surface area (Å²) in [4.78, 5) is 35.2. The lowest BCUT2D eigenvalue weighted by molar-refractivity contribution is -0.172. The monoisotopic (exact) mass is 404 g/mol. The van der Waals surface area contributed by atoms with Crippen molar-refractivity contribution in [3.05, 3.63) is 36.4 Å². The molecule has 0 aromatic carbocycles. The molecule has 0 aliphatic heterocycles. The maximum absolute atomic E-state index is 13.2. The molecule has 29 heavy (non-hydrogen) atoms. The summed E-state index contributed by atoms with van der Waals surface area (Å²) in [5.41, 5.74) is -1.57. The lowest BCUT2D eigenvalue weighted by Crippen LogP contribution is -2.47. The van der Waals surface area contributed by atoms with Crippen molar-refractivity contribution in [3.63, 3.8) is 0 Å². The Morgan fingerprint density at radius 3 is 1.55 bits per heavy atom. The van der Waals surface area contributed by atoms with Crippen LogP contribution in [0, 0.1) is 5.41 Å². The van der Waals surface area contributed by atoms with Crippen molar-refractivity contribution in [1.82, 2.24) is 19.1 Å². The van der Waals surface area contributed by atoms with Gasteiger partial charge in [0.25, 0.3) is 0 Å². The van der Waals surface area contributed by atoms with Crippen molar-refractivity contribution >= 4 is 11.9 Å². The molecule has 2 rings (SSSR count). The zero-order valence-corrected chi connectivity index (χ0v) is 18.2. The fourth-order valence-electron chi connectivity index (χ4n) is 3.41. The summed E-state index contributed by atoms with van der Waals surface area (Å²) in [7, 11) is 0. The summed E-state index contributed by atoms with van der Waals surface area (Å²) in [6, 6.07) is 0.263. The molecule has 0 saturated heterocycles. The Hall–Kier alpha value is -2.64. The first kappa shape index (κ1) is 22.6. The van der Waals surface area contributed by atoms with E-state index < -0.39 is 17.4 Å². The van der Waals surface area contributed by atoms with Crippen molar-refractivity contribution in [1.29, 1.82) is 0 Å². The summed E-state index contributed by atoms with van der Waals surface area (Å²) in [5.74, 6) is 0.0256. The highest BCUT2D eigenvalue weighted by molar-refractivity contribution is 6.00. The van der Waals surface area contributed by atoms with Crippen LogP contribution in [0.4, 0.5) is 0 Å². The largest absolute Gasteiger partial charge is 0.465 e. The Balaban J connectivity index is 2.59. The molecule has 0 spiro atoms. The Kier molecular flexibility index (Phi) is 7.59. The fraction of sp³-hybridized carbons (Fsp3) is 0.619. The number of imidazole rings is 2. The summed E-state index contributed by atoms with van der Waals surface area (Å²) in [6.07, 6.45) is 7.17. The lowest BCUT2D eigenvalue weighted by Gasteiger charge is -2.30. The van der Waals surface area contributed by atoms with Crippen molar-refractivity contribution in [2.75, 3.05) is 13.2 Å². The van der Waals surface area contributed by atoms with Crippen LogP contribution >= 0.6 is 0 Å². The van der Waals surface area contributed by atoms with Gasteiger partial charge in [-0.05, 0) is 41.5 Å². The molecule has 0 fully saturated rings. The van der Waals surface area contributed by atoms with Crippen molar-refractivity contribution in [2.45, 2.75) is 66.5 Å². The highest BCUT2D eigenvalue weighted by Crippen LogP contribution is 2.32. The highest BCUT2D eigenvalue weighted by atomic mass is 16.6. The van der Waals surface area contributed by atoms with Crippen molar-refractivity contribution in [3.8, 4) is 0 Å². The molecule has 0 bridgehead atoms. The van der Waals surface area contributed by atoms with Crippen LogP contribution < -0.4 is 0 Å². The van der Waals surface area contributed by atoms with Crippen LogP contribution in [0.2, 0.25) is 0 Å². The average Bonchev–Trinajstić information content (AvgIpc) is 3.30. The van der Waals surface area contributed by atoms with Crippen LogP contribution in [0.25, 0.3) is 0 Å². The number of carbonyl (C=O) groups excluding carboxylic acids is 2. The molecule has 0 N–H and O–H groups in total. The minimum atomic E-state index is -1.57. The van der Waals surface area contributed by atoms with Gasteiger partial charge in [-0.15, -0.1) is 0 Å². The molecule has 0 aliphatic rings. The third-order valence-electron chi connectivity index (χ3n) is 4.86. The Morgan fingerprint density at radius 1 is 0.862 bits per heavy atom. The molecule has 0 amide bonds. The molecule has 0 saturated carbocycles. The Labute approximate surface area is 172 Å². The van der Waals surface area contributed by atoms with E-state index in [2.05, 4.69) is 9.97 Å². The smallest absolute Gasteiger partial charge is 0.324 e. The van der Waals surface area contributed by atoms with Crippen molar-refractivity contribution in [2.24, 2.45) is 5.41 Å². The van der Waals surface area contributed by atoms with E-state index in [1.54, 1.807) is 26.2 Å². The number of carbonyl (C=O) groups is 2. The van der Waals surface area contributed by atoms with Crippen LogP contribution in [-0.4, -0.2) is 44.3 Å². The molecule has 2 heterocycles. The lowest BCUT2D eigenvalue weighted by atomic mass is 9.80. The predicted molar refractivity (Wildman–Crippen MR) is 108 cm³/mol. The molecule has 160 valence electrons. The van der Waals surface area contributed by atoms with Crippen LogP contribution in [0.15, 0.2) is 24.8 Å².